The van der Waals surface area contributed by atoms with Crippen LogP contribution in [-0.2, 0) is 0 Å². The molecule has 0 unspecified atom stereocenters. The van der Waals surface area contributed by atoms with Crippen molar-refractivity contribution < 1.29 is 0 Å². The Morgan fingerprint density at radius 2 is 1.90 bits per heavy atom. The molecule has 0 saturated heterocycles. The van der Waals surface area contributed by atoms with Gasteiger partial charge < -0.3 is 11.1 Å². The Labute approximate surface area is 74.8 Å². The molecule has 0 bridgehead atoms. The number of nitrogens with one attached hydrogen (secondary N) is 1. The van der Waals surface area contributed by atoms with E-state index in [2.05, 4.69) is 5.32 Å². The van der Waals surface area contributed by atoms with Crippen molar-refractivity contribution in [3.63, 3.8) is 0 Å². The summed E-state index contributed by atoms with van der Waals surface area (Å²) in [6.07, 6.45) is 2.86. The highest BCUT2D eigenvalue weighted by molar-refractivity contribution is 5.85. The molecule has 4 heteroatoms. The van der Waals surface area contributed by atoms with E-state index in [0.717, 1.165) is 19.0 Å². The number of nitrogens with two attached hydrogens (primary N) is 1. The van der Waals surface area contributed by atoms with Gasteiger partial charge in [-0.2, -0.15) is 0 Å². The van der Waals surface area contributed by atoms with E-state index in [1.807, 2.05) is 0 Å². The van der Waals surface area contributed by atoms with Gasteiger partial charge in [-0.25, -0.2) is 0 Å². The van der Waals surface area contributed by atoms with Crippen molar-refractivity contribution in [2.75, 3.05) is 19.6 Å². The fourth-order valence-electron chi connectivity index (χ4n) is 0.730. The first-order valence-electron chi connectivity index (χ1n) is 3.34. The van der Waals surface area contributed by atoms with Gasteiger partial charge in [-0.1, -0.05) is 0 Å². The predicted molar refractivity (Wildman–Crippen MR) is 49.1 cm³/mol. The van der Waals surface area contributed by atoms with Crippen LogP contribution in [0.2, 0.25) is 0 Å². The van der Waals surface area contributed by atoms with E-state index in [1.54, 1.807) is 0 Å². The Morgan fingerprint density at radius 1 is 1.30 bits per heavy atom. The van der Waals surface area contributed by atoms with E-state index in [1.165, 1.54) is 19.4 Å². The third kappa shape index (κ3) is 6.62. The van der Waals surface area contributed by atoms with Crippen molar-refractivity contribution in [2.24, 2.45) is 11.7 Å². The van der Waals surface area contributed by atoms with E-state index < -0.39 is 0 Å². The minimum atomic E-state index is 0. The maximum atomic E-state index is 5.27. The van der Waals surface area contributed by atoms with Gasteiger partial charge in [0.25, 0.3) is 0 Å². The average Bonchev–Trinajstić information content (AvgIpc) is 2.51. The summed E-state index contributed by atoms with van der Waals surface area (Å²) in [6, 6.07) is 0. The SMILES string of the molecule is Cl.Cl.NCCNCC1CC1. The van der Waals surface area contributed by atoms with Crippen LogP contribution in [0.5, 0.6) is 0 Å². The highest BCUT2D eigenvalue weighted by Crippen LogP contribution is 2.27. The number of hydrogen-bond acceptors (Lipinski definition) is 2. The fourth-order valence-corrected chi connectivity index (χ4v) is 0.730. The highest BCUT2D eigenvalue weighted by Gasteiger charge is 2.19. The lowest BCUT2D eigenvalue weighted by Gasteiger charge is -1.97. The van der Waals surface area contributed by atoms with Gasteiger partial charge in [0.15, 0.2) is 0 Å². The molecule has 0 aromatic heterocycles. The van der Waals surface area contributed by atoms with Gasteiger partial charge >= 0.3 is 0 Å². The normalized spacial score (nSPS) is 15.3. The Kier molecular flexibility index (Phi) is 9.97. The Balaban J connectivity index is 0. The summed E-state index contributed by atoms with van der Waals surface area (Å²) >= 11 is 0. The highest BCUT2D eigenvalue weighted by atomic mass is 35.5. The van der Waals surface area contributed by atoms with Crippen LogP contribution in [0.1, 0.15) is 12.8 Å². The predicted octanol–water partition coefficient (Wildman–Crippen LogP) is 0.788. The summed E-state index contributed by atoms with van der Waals surface area (Å²) < 4.78 is 0. The van der Waals surface area contributed by atoms with Gasteiger partial charge in [-0.3, -0.25) is 0 Å². The minimum absolute atomic E-state index is 0. The average molecular weight is 187 g/mol. The van der Waals surface area contributed by atoms with Crippen molar-refractivity contribution in [3.8, 4) is 0 Å². The number of hydrogen-bond donors (Lipinski definition) is 2. The molecule has 1 saturated carbocycles. The van der Waals surface area contributed by atoms with Crippen LogP contribution in [0, 0.1) is 5.92 Å². The van der Waals surface area contributed by atoms with Crippen LogP contribution < -0.4 is 11.1 Å². The van der Waals surface area contributed by atoms with Crippen molar-refractivity contribution in [3.05, 3.63) is 0 Å². The largest absolute Gasteiger partial charge is 0.329 e. The Morgan fingerprint density at radius 3 is 2.30 bits per heavy atom. The molecule has 0 radical (unpaired) electrons. The minimum Gasteiger partial charge on any atom is -0.329 e. The third-order valence-corrected chi connectivity index (χ3v) is 1.45. The van der Waals surface area contributed by atoms with Crippen molar-refractivity contribution in [1.29, 1.82) is 0 Å². The van der Waals surface area contributed by atoms with Gasteiger partial charge in [0.1, 0.15) is 0 Å². The first kappa shape index (κ1) is 13.1. The molecular weight excluding hydrogens is 171 g/mol. The van der Waals surface area contributed by atoms with E-state index in [0.29, 0.717) is 0 Å². The second-order valence-electron chi connectivity index (χ2n) is 2.44. The van der Waals surface area contributed by atoms with Crippen LogP contribution in [0.3, 0.4) is 0 Å². The molecule has 1 rings (SSSR count). The van der Waals surface area contributed by atoms with E-state index in [-0.39, 0.29) is 24.8 Å². The second kappa shape index (κ2) is 7.61. The van der Waals surface area contributed by atoms with Gasteiger partial charge in [-0.15, -0.1) is 24.8 Å². The standard InChI is InChI=1S/C6H14N2.2ClH/c7-3-4-8-5-6-1-2-6;;/h6,8H,1-5,7H2;2*1H. The van der Waals surface area contributed by atoms with Crippen LogP contribution >= 0.6 is 24.8 Å². The lowest BCUT2D eigenvalue weighted by Crippen LogP contribution is -2.24. The maximum Gasteiger partial charge on any atom is 0.00746 e. The Bertz CT molecular complexity index is 66.8. The zero-order valence-corrected chi connectivity index (χ0v) is 7.64. The van der Waals surface area contributed by atoms with Crippen LogP contribution in [0.15, 0.2) is 0 Å². The number of halogens is 2. The van der Waals surface area contributed by atoms with Crippen molar-refractivity contribution >= 4 is 24.8 Å². The smallest absolute Gasteiger partial charge is 0.00746 e. The third-order valence-electron chi connectivity index (χ3n) is 1.45. The summed E-state index contributed by atoms with van der Waals surface area (Å²) in [5, 5.41) is 3.27. The molecule has 1 aliphatic rings. The first-order chi connectivity index (χ1) is 3.93. The molecule has 1 aliphatic carbocycles. The number of rotatable bonds is 4. The van der Waals surface area contributed by atoms with Crippen molar-refractivity contribution in [2.45, 2.75) is 12.8 Å². The molecule has 0 aromatic rings. The van der Waals surface area contributed by atoms with Gasteiger partial charge in [0, 0.05) is 13.1 Å². The molecule has 0 amide bonds. The van der Waals surface area contributed by atoms with Gasteiger partial charge in [-0.05, 0) is 25.3 Å². The molecule has 10 heavy (non-hydrogen) atoms. The zero-order chi connectivity index (χ0) is 5.82. The van der Waals surface area contributed by atoms with Crippen molar-refractivity contribution in [1.82, 2.24) is 5.32 Å². The molecule has 0 aliphatic heterocycles. The molecule has 2 nitrogen and oxygen atoms in total. The molecule has 3 N–H and O–H groups in total. The molecule has 0 spiro atoms. The topological polar surface area (TPSA) is 38.0 Å². The maximum absolute atomic E-state index is 5.27. The molecule has 0 heterocycles. The summed E-state index contributed by atoms with van der Waals surface area (Å²) in [7, 11) is 0. The monoisotopic (exact) mass is 186 g/mol. The summed E-state index contributed by atoms with van der Waals surface area (Å²) in [5.74, 6) is 0.988. The quantitative estimate of drug-likeness (QED) is 0.638. The van der Waals surface area contributed by atoms with Gasteiger partial charge in [0.05, 0.1) is 0 Å². The summed E-state index contributed by atoms with van der Waals surface area (Å²) in [4.78, 5) is 0. The summed E-state index contributed by atoms with van der Waals surface area (Å²) in [5.41, 5.74) is 5.27. The van der Waals surface area contributed by atoms with E-state index in [9.17, 15) is 0 Å². The van der Waals surface area contributed by atoms with Crippen LogP contribution in [0.25, 0.3) is 0 Å². The summed E-state index contributed by atoms with van der Waals surface area (Å²) in [6.45, 7) is 2.94. The lowest BCUT2D eigenvalue weighted by molar-refractivity contribution is 0.643. The Hall–Kier alpha value is 0.500. The lowest BCUT2D eigenvalue weighted by atomic mass is 10.4. The molecule has 0 aromatic carbocycles. The van der Waals surface area contributed by atoms with E-state index in [4.69, 9.17) is 5.73 Å². The first-order valence-corrected chi connectivity index (χ1v) is 3.34. The van der Waals surface area contributed by atoms with E-state index >= 15 is 0 Å². The molecule has 0 atom stereocenters. The second-order valence-corrected chi connectivity index (χ2v) is 2.44. The molecule has 64 valence electrons. The zero-order valence-electron chi connectivity index (χ0n) is 6.01. The fraction of sp³-hybridized carbons (Fsp3) is 1.00. The van der Waals surface area contributed by atoms with Crippen LogP contribution in [0.4, 0.5) is 0 Å². The van der Waals surface area contributed by atoms with Gasteiger partial charge in [0.2, 0.25) is 0 Å². The molecular formula is C6H16Cl2N2. The molecule has 1 fully saturated rings. The van der Waals surface area contributed by atoms with Crippen LogP contribution in [-0.4, -0.2) is 19.6 Å².